The summed E-state index contributed by atoms with van der Waals surface area (Å²) < 4.78 is 4.62. The van der Waals surface area contributed by atoms with Gasteiger partial charge in [-0.3, -0.25) is 4.79 Å². The lowest BCUT2D eigenvalue weighted by atomic mass is 10.0. The Morgan fingerprint density at radius 1 is 0.593 bits per heavy atom. The molecule has 158 valence electrons. The molecular formula is C25H46O2. The standard InChI is InChI=1S/C25H46O2/c1-3-4-5-6-7-8-9-10-11-12-13-14-15-16-17-18-19-20-21-22-23-24-25(26)27-2/h16-17,20-21H,3-15,18-19,22-24H2,1-2H3/b17-16-,21-20-. The maximum absolute atomic E-state index is 11.0. The Labute approximate surface area is 169 Å². The monoisotopic (exact) mass is 378 g/mol. The average Bonchev–Trinajstić information content (AvgIpc) is 2.68. The van der Waals surface area contributed by atoms with Crippen LogP contribution in [0.5, 0.6) is 0 Å². The van der Waals surface area contributed by atoms with Crippen molar-refractivity contribution >= 4 is 5.97 Å². The van der Waals surface area contributed by atoms with Crippen molar-refractivity contribution in [2.24, 2.45) is 0 Å². The summed E-state index contributed by atoms with van der Waals surface area (Å²) in [7, 11) is 1.45. The summed E-state index contributed by atoms with van der Waals surface area (Å²) in [4.78, 5) is 11.0. The predicted molar refractivity (Wildman–Crippen MR) is 119 cm³/mol. The van der Waals surface area contributed by atoms with E-state index in [-0.39, 0.29) is 5.97 Å². The highest BCUT2D eigenvalue weighted by molar-refractivity contribution is 5.68. The number of hydrogen-bond acceptors (Lipinski definition) is 2. The van der Waals surface area contributed by atoms with Crippen LogP contribution in [0.25, 0.3) is 0 Å². The number of hydrogen-bond donors (Lipinski definition) is 0. The van der Waals surface area contributed by atoms with Gasteiger partial charge in [0.15, 0.2) is 0 Å². The molecule has 0 N–H and O–H groups in total. The number of esters is 1. The second kappa shape index (κ2) is 23.0. The average molecular weight is 379 g/mol. The highest BCUT2D eigenvalue weighted by Gasteiger charge is 1.96. The van der Waals surface area contributed by atoms with Crippen molar-refractivity contribution in [1.82, 2.24) is 0 Å². The zero-order valence-corrected chi connectivity index (χ0v) is 18.4. The highest BCUT2D eigenvalue weighted by Crippen LogP contribution is 2.12. The van der Waals surface area contributed by atoms with Crippen LogP contribution < -0.4 is 0 Å². The number of methoxy groups -OCH3 is 1. The van der Waals surface area contributed by atoms with E-state index in [2.05, 4.69) is 36.0 Å². The van der Waals surface area contributed by atoms with Crippen LogP contribution in [0, 0.1) is 0 Å². The molecule has 0 saturated carbocycles. The number of allylic oxidation sites excluding steroid dienone is 4. The van der Waals surface area contributed by atoms with Crippen molar-refractivity contribution in [3.63, 3.8) is 0 Å². The third-order valence-corrected chi connectivity index (χ3v) is 5.04. The number of ether oxygens (including phenoxy) is 1. The molecular weight excluding hydrogens is 332 g/mol. The minimum Gasteiger partial charge on any atom is -0.469 e. The van der Waals surface area contributed by atoms with Gasteiger partial charge < -0.3 is 4.74 Å². The second-order valence-corrected chi connectivity index (χ2v) is 7.67. The van der Waals surface area contributed by atoms with Crippen LogP contribution >= 0.6 is 0 Å². The van der Waals surface area contributed by atoms with Crippen LogP contribution in [0.2, 0.25) is 0 Å². The van der Waals surface area contributed by atoms with Gasteiger partial charge in [-0.25, -0.2) is 0 Å². The lowest BCUT2D eigenvalue weighted by molar-refractivity contribution is -0.140. The summed E-state index contributed by atoms with van der Waals surface area (Å²) in [5.41, 5.74) is 0. The highest BCUT2D eigenvalue weighted by atomic mass is 16.5. The third-order valence-electron chi connectivity index (χ3n) is 5.04. The Morgan fingerprint density at radius 3 is 1.48 bits per heavy atom. The fourth-order valence-electron chi connectivity index (χ4n) is 3.23. The van der Waals surface area contributed by atoms with Gasteiger partial charge in [-0.05, 0) is 38.5 Å². The molecule has 0 rings (SSSR count). The van der Waals surface area contributed by atoms with Crippen molar-refractivity contribution < 1.29 is 9.53 Å². The zero-order chi connectivity index (χ0) is 19.8. The van der Waals surface area contributed by atoms with Gasteiger partial charge in [0, 0.05) is 6.42 Å². The van der Waals surface area contributed by atoms with E-state index in [9.17, 15) is 4.79 Å². The third kappa shape index (κ3) is 22.9. The summed E-state index contributed by atoms with van der Waals surface area (Å²) in [5, 5.41) is 0. The molecule has 0 aromatic heterocycles. The van der Waals surface area contributed by atoms with Crippen LogP contribution in [0.15, 0.2) is 24.3 Å². The minimum atomic E-state index is -0.107. The first-order valence-corrected chi connectivity index (χ1v) is 11.7. The van der Waals surface area contributed by atoms with Gasteiger partial charge in [0.25, 0.3) is 0 Å². The van der Waals surface area contributed by atoms with Crippen molar-refractivity contribution in [2.75, 3.05) is 7.11 Å². The molecule has 0 atom stereocenters. The molecule has 0 heterocycles. The zero-order valence-electron chi connectivity index (χ0n) is 18.4. The van der Waals surface area contributed by atoms with Crippen molar-refractivity contribution in [3.8, 4) is 0 Å². The summed E-state index contributed by atoms with van der Waals surface area (Å²) in [5.74, 6) is -0.107. The first kappa shape index (κ1) is 26.0. The molecule has 0 aliphatic heterocycles. The van der Waals surface area contributed by atoms with Crippen molar-refractivity contribution in [1.29, 1.82) is 0 Å². The molecule has 0 bridgehead atoms. The lowest BCUT2D eigenvalue weighted by Gasteiger charge is -2.02. The molecule has 0 aliphatic rings. The smallest absolute Gasteiger partial charge is 0.305 e. The van der Waals surface area contributed by atoms with E-state index < -0.39 is 0 Å². The SMILES string of the molecule is CCCCCCCCCCCCCC/C=C\CC/C=C\CCCC(=O)OC. The fraction of sp³-hybridized carbons (Fsp3) is 0.800. The van der Waals surface area contributed by atoms with E-state index in [4.69, 9.17) is 0 Å². The molecule has 0 aliphatic carbocycles. The summed E-state index contributed by atoms with van der Waals surface area (Å²) >= 11 is 0. The molecule has 0 unspecified atom stereocenters. The summed E-state index contributed by atoms with van der Waals surface area (Å²) in [6.07, 6.45) is 32.0. The van der Waals surface area contributed by atoms with Crippen molar-refractivity contribution in [2.45, 2.75) is 122 Å². The van der Waals surface area contributed by atoms with Gasteiger partial charge in [0.1, 0.15) is 0 Å². The molecule has 0 aromatic carbocycles. The number of carbonyl (C=O) groups excluding carboxylic acids is 1. The molecule has 0 fully saturated rings. The maximum Gasteiger partial charge on any atom is 0.305 e. The van der Waals surface area contributed by atoms with Crippen LogP contribution in [0.3, 0.4) is 0 Å². The molecule has 0 amide bonds. The normalized spacial score (nSPS) is 11.6. The number of unbranched alkanes of at least 4 members (excludes halogenated alkanes) is 14. The Kier molecular flexibility index (Phi) is 22.1. The first-order chi connectivity index (χ1) is 13.3. The Morgan fingerprint density at radius 2 is 1.00 bits per heavy atom. The van der Waals surface area contributed by atoms with Crippen LogP contribution in [-0.2, 0) is 9.53 Å². The molecule has 0 aromatic rings. The molecule has 2 heteroatoms. The largest absolute Gasteiger partial charge is 0.469 e. The topological polar surface area (TPSA) is 26.3 Å². The Balaban J connectivity index is 3.17. The van der Waals surface area contributed by atoms with Gasteiger partial charge in [0.2, 0.25) is 0 Å². The first-order valence-electron chi connectivity index (χ1n) is 11.7. The minimum absolute atomic E-state index is 0.107. The molecule has 0 radical (unpaired) electrons. The Bertz CT molecular complexity index is 357. The van der Waals surface area contributed by atoms with Crippen molar-refractivity contribution in [3.05, 3.63) is 24.3 Å². The fourth-order valence-corrected chi connectivity index (χ4v) is 3.23. The van der Waals surface area contributed by atoms with E-state index in [1.165, 1.54) is 90.6 Å². The number of rotatable bonds is 20. The van der Waals surface area contributed by atoms with E-state index in [0.29, 0.717) is 6.42 Å². The summed E-state index contributed by atoms with van der Waals surface area (Å²) in [6.45, 7) is 2.28. The van der Waals surface area contributed by atoms with Gasteiger partial charge >= 0.3 is 5.97 Å². The molecule has 2 nitrogen and oxygen atoms in total. The van der Waals surface area contributed by atoms with Gasteiger partial charge in [0.05, 0.1) is 7.11 Å². The van der Waals surface area contributed by atoms with E-state index in [1.807, 2.05) is 0 Å². The lowest BCUT2D eigenvalue weighted by Crippen LogP contribution is -1.98. The Hall–Kier alpha value is -1.05. The van der Waals surface area contributed by atoms with E-state index >= 15 is 0 Å². The van der Waals surface area contributed by atoms with Crippen LogP contribution in [0.4, 0.5) is 0 Å². The molecule has 0 saturated heterocycles. The van der Waals surface area contributed by atoms with Gasteiger partial charge in [-0.2, -0.15) is 0 Å². The molecule has 27 heavy (non-hydrogen) atoms. The van der Waals surface area contributed by atoms with Gasteiger partial charge in [-0.1, -0.05) is 102 Å². The predicted octanol–water partition coefficient (Wildman–Crippen LogP) is 8.31. The van der Waals surface area contributed by atoms with E-state index in [1.54, 1.807) is 0 Å². The summed E-state index contributed by atoms with van der Waals surface area (Å²) in [6, 6.07) is 0. The number of carbonyl (C=O) groups is 1. The quantitative estimate of drug-likeness (QED) is 0.121. The second-order valence-electron chi connectivity index (χ2n) is 7.67. The van der Waals surface area contributed by atoms with Crippen LogP contribution in [0.1, 0.15) is 122 Å². The van der Waals surface area contributed by atoms with E-state index in [0.717, 1.165) is 25.7 Å². The maximum atomic E-state index is 11.0. The van der Waals surface area contributed by atoms with Gasteiger partial charge in [-0.15, -0.1) is 0 Å². The van der Waals surface area contributed by atoms with Crippen LogP contribution in [-0.4, -0.2) is 13.1 Å². The molecule has 0 spiro atoms.